The standard InChI is InChI=1S/C14H23NO3S/c1-14(2,9-10-18-3)11-15-12-5-7-13(8-6-12)19(4,16)17/h5-8,15H,9-11H2,1-4H3. The van der Waals surface area contributed by atoms with Gasteiger partial charge in [0.25, 0.3) is 0 Å². The Labute approximate surface area is 116 Å². The summed E-state index contributed by atoms with van der Waals surface area (Å²) in [6, 6.07) is 6.84. The fraction of sp³-hybridized carbons (Fsp3) is 0.571. The number of hydrogen-bond donors (Lipinski definition) is 1. The molecule has 0 fully saturated rings. The maximum Gasteiger partial charge on any atom is 0.175 e. The van der Waals surface area contributed by atoms with Gasteiger partial charge in [-0.3, -0.25) is 0 Å². The van der Waals surface area contributed by atoms with Gasteiger partial charge in [0.2, 0.25) is 0 Å². The van der Waals surface area contributed by atoms with Crippen molar-refractivity contribution in [2.24, 2.45) is 5.41 Å². The third-order valence-corrected chi connectivity index (χ3v) is 4.16. The van der Waals surface area contributed by atoms with Crippen molar-refractivity contribution < 1.29 is 13.2 Å². The molecule has 0 aliphatic carbocycles. The zero-order chi connectivity index (χ0) is 14.5. The fourth-order valence-electron chi connectivity index (χ4n) is 1.63. The van der Waals surface area contributed by atoms with Crippen LogP contribution in [0.15, 0.2) is 29.2 Å². The molecule has 4 nitrogen and oxygen atoms in total. The highest BCUT2D eigenvalue weighted by Gasteiger charge is 2.17. The van der Waals surface area contributed by atoms with Crippen molar-refractivity contribution in [1.82, 2.24) is 0 Å². The third-order valence-electron chi connectivity index (χ3n) is 3.04. The first-order chi connectivity index (χ1) is 8.74. The third kappa shape index (κ3) is 5.61. The number of methoxy groups -OCH3 is 1. The molecule has 1 aromatic rings. The number of nitrogens with one attached hydrogen (secondary N) is 1. The molecule has 0 aromatic heterocycles. The summed E-state index contributed by atoms with van der Waals surface area (Å²) in [6.45, 7) is 5.89. The highest BCUT2D eigenvalue weighted by atomic mass is 32.2. The van der Waals surface area contributed by atoms with Gasteiger partial charge < -0.3 is 10.1 Å². The summed E-state index contributed by atoms with van der Waals surface area (Å²) < 4.78 is 27.8. The molecule has 1 aromatic carbocycles. The van der Waals surface area contributed by atoms with Crippen molar-refractivity contribution in [3.63, 3.8) is 0 Å². The average molecular weight is 285 g/mol. The molecule has 0 atom stereocenters. The van der Waals surface area contributed by atoms with Crippen molar-refractivity contribution >= 4 is 15.5 Å². The van der Waals surface area contributed by atoms with E-state index in [4.69, 9.17) is 4.74 Å². The van der Waals surface area contributed by atoms with Crippen LogP contribution in [0.5, 0.6) is 0 Å². The van der Waals surface area contributed by atoms with Gasteiger partial charge in [0.15, 0.2) is 9.84 Å². The van der Waals surface area contributed by atoms with E-state index < -0.39 is 9.84 Å². The molecule has 0 amide bonds. The molecule has 0 radical (unpaired) electrons. The SMILES string of the molecule is COCCC(C)(C)CNc1ccc(S(C)(=O)=O)cc1. The summed E-state index contributed by atoms with van der Waals surface area (Å²) in [5.74, 6) is 0. The van der Waals surface area contributed by atoms with Gasteiger partial charge in [-0.15, -0.1) is 0 Å². The van der Waals surface area contributed by atoms with Crippen molar-refractivity contribution in [3.05, 3.63) is 24.3 Å². The minimum Gasteiger partial charge on any atom is -0.385 e. The zero-order valence-corrected chi connectivity index (χ0v) is 12.9. The van der Waals surface area contributed by atoms with E-state index in [1.807, 2.05) is 0 Å². The van der Waals surface area contributed by atoms with Gasteiger partial charge in [0.1, 0.15) is 0 Å². The molecule has 108 valence electrons. The van der Waals surface area contributed by atoms with Gasteiger partial charge in [0, 0.05) is 32.2 Å². The summed E-state index contributed by atoms with van der Waals surface area (Å²) in [5.41, 5.74) is 1.06. The summed E-state index contributed by atoms with van der Waals surface area (Å²) in [6.07, 6.45) is 2.18. The number of hydrogen-bond acceptors (Lipinski definition) is 4. The zero-order valence-electron chi connectivity index (χ0n) is 12.1. The van der Waals surface area contributed by atoms with Crippen LogP contribution in [-0.2, 0) is 14.6 Å². The lowest BCUT2D eigenvalue weighted by Gasteiger charge is -2.25. The molecule has 0 bridgehead atoms. The topological polar surface area (TPSA) is 55.4 Å². The van der Waals surface area contributed by atoms with Gasteiger partial charge in [-0.05, 0) is 36.1 Å². The van der Waals surface area contributed by atoms with Crippen LogP contribution in [0.3, 0.4) is 0 Å². The van der Waals surface area contributed by atoms with Gasteiger partial charge in [-0.2, -0.15) is 0 Å². The van der Waals surface area contributed by atoms with Crippen LogP contribution in [0, 0.1) is 5.41 Å². The van der Waals surface area contributed by atoms with Gasteiger partial charge in [-0.25, -0.2) is 8.42 Å². The van der Waals surface area contributed by atoms with E-state index in [1.54, 1.807) is 31.4 Å². The van der Waals surface area contributed by atoms with Crippen LogP contribution in [0.2, 0.25) is 0 Å². The first kappa shape index (κ1) is 16.0. The molecule has 19 heavy (non-hydrogen) atoms. The average Bonchev–Trinajstić information content (AvgIpc) is 2.34. The summed E-state index contributed by atoms with van der Waals surface area (Å²) in [7, 11) is -1.42. The van der Waals surface area contributed by atoms with Gasteiger partial charge >= 0.3 is 0 Å². The number of anilines is 1. The Morgan fingerprint density at radius 2 is 1.79 bits per heavy atom. The second-order valence-corrected chi connectivity index (χ2v) is 7.57. The largest absolute Gasteiger partial charge is 0.385 e. The van der Waals surface area contributed by atoms with Crippen LogP contribution in [-0.4, -0.2) is 34.9 Å². The quantitative estimate of drug-likeness (QED) is 0.836. The predicted molar refractivity (Wildman–Crippen MR) is 78.3 cm³/mol. The van der Waals surface area contributed by atoms with Crippen LogP contribution < -0.4 is 5.32 Å². The molecule has 0 unspecified atom stereocenters. The first-order valence-corrected chi connectivity index (χ1v) is 8.17. The molecule has 0 aliphatic rings. The molecule has 0 heterocycles. The van der Waals surface area contributed by atoms with E-state index in [9.17, 15) is 8.42 Å². The van der Waals surface area contributed by atoms with E-state index in [-0.39, 0.29) is 5.41 Å². The van der Waals surface area contributed by atoms with Crippen LogP contribution >= 0.6 is 0 Å². The van der Waals surface area contributed by atoms with E-state index in [0.29, 0.717) is 4.90 Å². The molecular formula is C14H23NO3S. The lowest BCUT2D eigenvalue weighted by Crippen LogP contribution is -2.24. The Morgan fingerprint density at radius 1 is 1.21 bits per heavy atom. The number of rotatable bonds is 7. The van der Waals surface area contributed by atoms with Crippen LogP contribution in [0.1, 0.15) is 20.3 Å². The maximum absolute atomic E-state index is 11.3. The number of benzene rings is 1. The Bertz CT molecular complexity index is 492. The molecule has 0 saturated carbocycles. The second kappa shape index (κ2) is 6.39. The lowest BCUT2D eigenvalue weighted by atomic mass is 9.89. The molecule has 5 heteroatoms. The maximum atomic E-state index is 11.3. The molecule has 0 spiro atoms. The van der Waals surface area contributed by atoms with E-state index >= 15 is 0 Å². The Kier molecular flexibility index (Phi) is 5.38. The molecule has 1 rings (SSSR count). The highest BCUT2D eigenvalue weighted by Crippen LogP contribution is 2.22. The Hall–Kier alpha value is -1.07. The molecular weight excluding hydrogens is 262 g/mol. The minimum absolute atomic E-state index is 0.130. The van der Waals surface area contributed by atoms with Gasteiger partial charge in [-0.1, -0.05) is 13.8 Å². The van der Waals surface area contributed by atoms with Crippen LogP contribution in [0.4, 0.5) is 5.69 Å². The lowest BCUT2D eigenvalue weighted by molar-refractivity contribution is 0.157. The van der Waals surface area contributed by atoms with Crippen molar-refractivity contribution in [3.8, 4) is 0 Å². The highest BCUT2D eigenvalue weighted by molar-refractivity contribution is 7.90. The minimum atomic E-state index is -3.12. The summed E-state index contributed by atoms with van der Waals surface area (Å²) in [5, 5.41) is 3.32. The number of ether oxygens (including phenoxy) is 1. The molecule has 0 saturated heterocycles. The van der Waals surface area contributed by atoms with E-state index in [0.717, 1.165) is 25.3 Å². The second-order valence-electron chi connectivity index (χ2n) is 5.56. The Balaban J connectivity index is 2.59. The molecule has 1 N–H and O–H groups in total. The van der Waals surface area contributed by atoms with E-state index in [1.165, 1.54) is 6.26 Å². The van der Waals surface area contributed by atoms with Crippen molar-refractivity contribution in [1.29, 1.82) is 0 Å². The van der Waals surface area contributed by atoms with Crippen LogP contribution in [0.25, 0.3) is 0 Å². The summed E-state index contributed by atoms with van der Waals surface area (Å²) in [4.78, 5) is 0.344. The van der Waals surface area contributed by atoms with Gasteiger partial charge in [0.05, 0.1) is 4.90 Å². The normalized spacial score (nSPS) is 12.4. The van der Waals surface area contributed by atoms with E-state index in [2.05, 4.69) is 19.2 Å². The Morgan fingerprint density at radius 3 is 2.26 bits per heavy atom. The first-order valence-electron chi connectivity index (χ1n) is 6.27. The predicted octanol–water partition coefficient (Wildman–Crippen LogP) is 2.56. The van der Waals surface area contributed by atoms with Crippen molar-refractivity contribution in [2.45, 2.75) is 25.2 Å². The van der Waals surface area contributed by atoms with Crippen molar-refractivity contribution in [2.75, 3.05) is 31.8 Å². The molecule has 0 aliphatic heterocycles. The monoisotopic (exact) mass is 285 g/mol. The smallest absolute Gasteiger partial charge is 0.175 e. The fourth-order valence-corrected chi connectivity index (χ4v) is 2.26. The number of sulfone groups is 1. The summed E-state index contributed by atoms with van der Waals surface area (Å²) >= 11 is 0.